The zero-order valence-electron chi connectivity index (χ0n) is 12.5. The van der Waals surface area contributed by atoms with Gasteiger partial charge in [-0.2, -0.15) is 9.40 Å². The quantitative estimate of drug-likeness (QED) is 0.883. The molecular formula is C13H15ClN4O4S. The highest BCUT2D eigenvalue weighted by molar-refractivity contribution is 7.89. The Morgan fingerprint density at radius 2 is 2.17 bits per heavy atom. The second kappa shape index (κ2) is 5.15. The smallest absolute Gasteiger partial charge is 0.310 e. The number of rotatable bonds is 3. The van der Waals surface area contributed by atoms with E-state index >= 15 is 0 Å². The minimum absolute atomic E-state index is 0.0428. The van der Waals surface area contributed by atoms with Gasteiger partial charge in [0.05, 0.1) is 23.5 Å². The molecule has 124 valence electrons. The second-order valence-electron chi connectivity index (χ2n) is 5.91. The number of aliphatic carboxylic acids is 1. The topological polar surface area (TPSA) is 105 Å². The third-order valence-corrected chi connectivity index (χ3v) is 6.39. The molecule has 1 saturated heterocycles. The Balaban J connectivity index is 1.99. The van der Waals surface area contributed by atoms with Crippen molar-refractivity contribution in [3.63, 3.8) is 0 Å². The average molecular weight is 359 g/mol. The standard InChI is InChI=1S/C13H15ClN4O4S/c1-8-10(14)11-15-5-9(6-18(11)16-8)23(21,22)17-4-3-13(2,7-17)12(19)20/h5-6H,3-4,7H2,1-2H3,(H,19,20). The molecule has 8 nitrogen and oxygen atoms in total. The highest BCUT2D eigenvalue weighted by Gasteiger charge is 2.45. The van der Waals surface area contributed by atoms with Crippen LogP contribution in [0.1, 0.15) is 19.0 Å². The fourth-order valence-corrected chi connectivity index (χ4v) is 4.26. The van der Waals surface area contributed by atoms with Crippen LogP contribution >= 0.6 is 11.6 Å². The third kappa shape index (κ3) is 2.48. The highest BCUT2D eigenvalue weighted by atomic mass is 35.5. The van der Waals surface area contributed by atoms with Crippen LogP contribution in [0.4, 0.5) is 0 Å². The van der Waals surface area contributed by atoms with Crippen molar-refractivity contribution in [3.8, 4) is 0 Å². The van der Waals surface area contributed by atoms with Gasteiger partial charge in [-0.25, -0.2) is 17.9 Å². The van der Waals surface area contributed by atoms with Crippen LogP contribution in [0.3, 0.4) is 0 Å². The fourth-order valence-electron chi connectivity index (χ4n) is 2.58. The number of fused-ring (bicyclic) bond motifs is 1. The summed E-state index contributed by atoms with van der Waals surface area (Å²) in [6.45, 7) is 3.33. The number of carboxylic acids is 1. The molecule has 1 aliphatic rings. The maximum absolute atomic E-state index is 12.7. The Labute approximate surface area is 137 Å². The summed E-state index contributed by atoms with van der Waals surface area (Å²) in [4.78, 5) is 15.3. The van der Waals surface area contributed by atoms with E-state index in [9.17, 15) is 18.3 Å². The van der Waals surface area contributed by atoms with E-state index in [2.05, 4.69) is 10.1 Å². The summed E-state index contributed by atoms with van der Waals surface area (Å²) in [5.74, 6) is -1.00. The zero-order valence-corrected chi connectivity index (χ0v) is 14.1. The number of carbonyl (C=O) groups is 1. The number of carboxylic acid groups (broad SMARTS) is 1. The normalized spacial score (nSPS) is 22.7. The van der Waals surface area contributed by atoms with Gasteiger partial charge in [0.25, 0.3) is 0 Å². The Bertz CT molecular complexity index is 910. The number of nitrogens with zero attached hydrogens (tertiary/aromatic N) is 4. The molecule has 0 aromatic carbocycles. The molecule has 1 atom stereocenters. The molecule has 0 amide bonds. The molecule has 1 N–H and O–H groups in total. The number of sulfonamides is 1. The minimum Gasteiger partial charge on any atom is -0.481 e. The van der Waals surface area contributed by atoms with Gasteiger partial charge in [-0.3, -0.25) is 4.79 Å². The zero-order chi connectivity index (χ0) is 17.0. The summed E-state index contributed by atoms with van der Waals surface area (Å²) in [5, 5.41) is 13.7. The summed E-state index contributed by atoms with van der Waals surface area (Å²) in [7, 11) is -3.83. The molecule has 1 fully saturated rings. The summed E-state index contributed by atoms with van der Waals surface area (Å²) < 4.78 is 27.9. The van der Waals surface area contributed by atoms with Crippen molar-refractivity contribution >= 4 is 33.2 Å². The average Bonchev–Trinajstić information content (AvgIpc) is 3.02. The first-order valence-corrected chi connectivity index (χ1v) is 8.71. The minimum atomic E-state index is -3.83. The molecule has 10 heteroatoms. The molecule has 0 aliphatic carbocycles. The molecular weight excluding hydrogens is 344 g/mol. The van der Waals surface area contributed by atoms with Crippen LogP contribution in [-0.2, 0) is 14.8 Å². The molecule has 1 unspecified atom stereocenters. The van der Waals surface area contributed by atoms with Crippen LogP contribution in [0.25, 0.3) is 5.65 Å². The molecule has 2 aromatic rings. The van der Waals surface area contributed by atoms with Crippen molar-refractivity contribution < 1.29 is 18.3 Å². The Kier molecular flexibility index (Phi) is 3.62. The van der Waals surface area contributed by atoms with Crippen LogP contribution in [0.15, 0.2) is 17.3 Å². The molecule has 0 bridgehead atoms. The van der Waals surface area contributed by atoms with Gasteiger partial charge in [0.2, 0.25) is 10.0 Å². The van der Waals surface area contributed by atoms with E-state index in [1.165, 1.54) is 21.2 Å². The summed E-state index contributed by atoms with van der Waals surface area (Å²) >= 11 is 6.04. The summed E-state index contributed by atoms with van der Waals surface area (Å²) in [6, 6.07) is 0. The van der Waals surface area contributed by atoms with Crippen LogP contribution in [0, 0.1) is 12.3 Å². The lowest BCUT2D eigenvalue weighted by Gasteiger charge is -2.19. The summed E-state index contributed by atoms with van der Waals surface area (Å²) in [5.41, 5.74) is -0.149. The van der Waals surface area contributed by atoms with Gasteiger partial charge in [0.1, 0.15) is 9.92 Å². The predicted octanol–water partition coefficient (Wildman–Crippen LogP) is 1.18. The molecule has 1 aliphatic heterocycles. The third-order valence-electron chi connectivity index (χ3n) is 4.14. The molecule has 2 aromatic heterocycles. The lowest BCUT2D eigenvalue weighted by molar-refractivity contribution is -0.146. The highest BCUT2D eigenvalue weighted by Crippen LogP contribution is 2.33. The van der Waals surface area contributed by atoms with Crippen molar-refractivity contribution in [3.05, 3.63) is 23.1 Å². The van der Waals surface area contributed by atoms with E-state index in [1.54, 1.807) is 13.8 Å². The molecule has 0 saturated carbocycles. The van der Waals surface area contributed by atoms with E-state index in [-0.39, 0.29) is 24.4 Å². The van der Waals surface area contributed by atoms with Gasteiger partial charge in [0, 0.05) is 13.1 Å². The van der Waals surface area contributed by atoms with Crippen LogP contribution in [-0.4, -0.2) is 51.5 Å². The van der Waals surface area contributed by atoms with Crippen LogP contribution in [0.5, 0.6) is 0 Å². The number of hydrogen-bond donors (Lipinski definition) is 1. The maximum Gasteiger partial charge on any atom is 0.310 e. The Morgan fingerprint density at radius 3 is 2.78 bits per heavy atom. The van der Waals surface area contributed by atoms with Crippen LogP contribution in [0.2, 0.25) is 5.02 Å². The number of aryl methyl sites for hydroxylation is 1. The number of hydrogen-bond acceptors (Lipinski definition) is 5. The molecule has 3 rings (SSSR count). The lowest BCUT2D eigenvalue weighted by atomic mass is 9.90. The first-order chi connectivity index (χ1) is 10.6. The summed E-state index contributed by atoms with van der Waals surface area (Å²) in [6.07, 6.45) is 2.82. The van der Waals surface area contributed by atoms with Crippen molar-refractivity contribution in [2.24, 2.45) is 5.41 Å². The molecule has 23 heavy (non-hydrogen) atoms. The van der Waals surface area contributed by atoms with Crippen molar-refractivity contribution in [1.29, 1.82) is 0 Å². The lowest BCUT2D eigenvalue weighted by Crippen LogP contribution is -2.35. The van der Waals surface area contributed by atoms with Gasteiger partial charge in [-0.1, -0.05) is 11.6 Å². The Hall–Kier alpha value is -1.71. The van der Waals surface area contributed by atoms with E-state index in [4.69, 9.17) is 11.6 Å². The van der Waals surface area contributed by atoms with E-state index < -0.39 is 21.4 Å². The van der Waals surface area contributed by atoms with E-state index in [0.29, 0.717) is 16.4 Å². The van der Waals surface area contributed by atoms with E-state index in [0.717, 1.165) is 0 Å². The number of halogens is 1. The Morgan fingerprint density at radius 1 is 1.48 bits per heavy atom. The van der Waals surface area contributed by atoms with Gasteiger partial charge < -0.3 is 5.11 Å². The van der Waals surface area contributed by atoms with Crippen molar-refractivity contribution in [2.75, 3.05) is 13.1 Å². The monoisotopic (exact) mass is 358 g/mol. The van der Waals surface area contributed by atoms with Gasteiger partial charge >= 0.3 is 5.97 Å². The number of aromatic nitrogens is 3. The van der Waals surface area contributed by atoms with Crippen molar-refractivity contribution in [2.45, 2.75) is 25.2 Å². The first-order valence-electron chi connectivity index (χ1n) is 6.89. The van der Waals surface area contributed by atoms with Gasteiger partial charge in [-0.15, -0.1) is 0 Å². The molecule has 0 spiro atoms. The SMILES string of the molecule is Cc1nn2cc(S(=O)(=O)N3CCC(C)(C(=O)O)C3)cnc2c1Cl. The fraction of sp³-hybridized carbons (Fsp3) is 0.462. The predicted molar refractivity (Wildman–Crippen MR) is 81.9 cm³/mol. The van der Waals surface area contributed by atoms with Crippen LogP contribution < -0.4 is 0 Å². The van der Waals surface area contributed by atoms with E-state index in [1.807, 2.05) is 0 Å². The first kappa shape index (κ1) is 16.2. The van der Waals surface area contributed by atoms with Gasteiger partial charge in [0.15, 0.2) is 5.65 Å². The van der Waals surface area contributed by atoms with Gasteiger partial charge in [-0.05, 0) is 20.3 Å². The maximum atomic E-state index is 12.7. The molecule has 3 heterocycles. The largest absolute Gasteiger partial charge is 0.481 e. The second-order valence-corrected chi connectivity index (χ2v) is 8.23. The van der Waals surface area contributed by atoms with Crippen molar-refractivity contribution in [1.82, 2.24) is 18.9 Å². The molecule has 0 radical (unpaired) electrons.